The molecule has 1 aromatic carbocycles. The predicted molar refractivity (Wildman–Crippen MR) is 81.5 cm³/mol. The maximum atomic E-state index is 11.9. The molecule has 0 aliphatic carbocycles. The number of rotatable bonds is 6. The van der Waals surface area contributed by atoms with Gasteiger partial charge in [-0.15, -0.1) is 0 Å². The Morgan fingerprint density at radius 3 is 2.81 bits per heavy atom. The second-order valence-corrected chi connectivity index (χ2v) is 5.18. The van der Waals surface area contributed by atoms with Gasteiger partial charge in [-0.2, -0.15) is 0 Å². The molecule has 0 saturated heterocycles. The molecule has 4 N–H and O–H groups in total. The number of nitrogens with zero attached hydrogens (tertiary/aromatic N) is 1. The topological polar surface area (TPSA) is 87.5 Å². The van der Waals surface area contributed by atoms with E-state index in [1.807, 2.05) is 12.1 Å². The predicted octanol–water partition coefficient (Wildman–Crippen LogP) is 0.426. The first-order valence-corrected chi connectivity index (χ1v) is 7.23. The van der Waals surface area contributed by atoms with Gasteiger partial charge in [-0.25, -0.2) is 0 Å². The highest BCUT2D eigenvalue weighted by molar-refractivity contribution is 5.95. The Kier molecular flexibility index (Phi) is 5.30. The van der Waals surface area contributed by atoms with Gasteiger partial charge in [0.1, 0.15) is 0 Å². The Bertz CT molecular complexity index is 530. The van der Waals surface area contributed by atoms with E-state index >= 15 is 0 Å². The van der Waals surface area contributed by atoms with E-state index in [4.69, 9.17) is 5.73 Å². The second kappa shape index (κ2) is 7.19. The fraction of sp³-hybridized carbons (Fsp3) is 0.467. The average Bonchev–Trinajstić information content (AvgIpc) is 2.89. The van der Waals surface area contributed by atoms with Crippen molar-refractivity contribution in [1.29, 1.82) is 0 Å². The summed E-state index contributed by atoms with van der Waals surface area (Å²) < 4.78 is 0. The molecule has 0 bridgehead atoms. The highest BCUT2D eigenvalue weighted by atomic mass is 16.2. The van der Waals surface area contributed by atoms with Crippen LogP contribution in [0.2, 0.25) is 0 Å². The van der Waals surface area contributed by atoms with Crippen molar-refractivity contribution in [2.24, 2.45) is 5.73 Å². The number of fused-ring (bicyclic) bond motifs is 1. The number of nitrogens with two attached hydrogens (primary N) is 1. The minimum absolute atomic E-state index is 0.0572. The SMILES string of the molecule is CCCN1Cc2cccc(NC(=O)CNC(=O)CN)c2C1. The lowest BCUT2D eigenvalue weighted by molar-refractivity contribution is -0.123. The van der Waals surface area contributed by atoms with E-state index in [9.17, 15) is 9.59 Å². The van der Waals surface area contributed by atoms with E-state index in [2.05, 4.69) is 28.5 Å². The van der Waals surface area contributed by atoms with E-state index < -0.39 is 0 Å². The zero-order chi connectivity index (χ0) is 15.2. The summed E-state index contributed by atoms with van der Waals surface area (Å²) in [4.78, 5) is 25.3. The van der Waals surface area contributed by atoms with Crippen LogP contribution >= 0.6 is 0 Å². The zero-order valence-electron chi connectivity index (χ0n) is 12.3. The molecule has 0 aromatic heterocycles. The number of hydrogen-bond acceptors (Lipinski definition) is 4. The van der Waals surface area contributed by atoms with Crippen molar-refractivity contribution in [2.75, 3.05) is 25.0 Å². The number of hydrogen-bond donors (Lipinski definition) is 3. The zero-order valence-corrected chi connectivity index (χ0v) is 12.3. The van der Waals surface area contributed by atoms with Crippen molar-refractivity contribution in [2.45, 2.75) is 26.4 Å². The summed E-state index contributed by atoms with van der Waals surface area (Å²) in [5.41, 5.74) is 8.44. The lowest BCUT2D eigenvalue weighted by Gasteiger charge is -2.13. The summed E-state index contributed by atoms with van der Waals surface area (Å²) in [6, 6.07) is 5.94. The summed E-state index contributed by atoms with van der Waals surface area (Å²) in [5, 5.41) is 5.33. The van der Waals surface area contributed by atoms with Gasteiger partial charge >= 0.3 is 0 Å². The third-order valence-corrected chi connectivity index (χ3v) is 3.49. The van der Waals surface area contributed by atoms with Crippen molar-refractivity contribution < 1.29 is 9.59 Å². The third kappa shape index (κ3) is 4.03. The van der Waals surface area contributed by atoms with E-state index in [0.29, 0.717) is 0 Å². The molecule has 1 aliphatic heterocycles. The number of benzene rings is 1. The molecule has 0 unspecified atom stereocenters. The van der Waals surface area contributed by atoms with Crippen molar-refractivity contribution in [3.8, 4) is 0 Å². The highest BCUT2D eigenvalue weighted by Crippen LogP contribution is 2.29. The van der Waals surface area contributed by atoms with Gasteiger partial charge in [0.05, 0.1) is 13.1 Å². The van der Waals surface area contributed by atoms with Crippen LogP contribution in [0.1, 0.15) is 24.5 Å². The molecule has 0 fully saturated rings. The van der Waals surface area contributed by atoms with Gasteiger partial charge in [0.25, 0.3) is 0 Å². The number of anilines is 1. The van der Waals surface area contributed by atoms with Crippen molar-refractivity contribution >= 4 is 17.5 Å². The summed E-state index contributed by atoms with van der Waals surface area (Å²) in [6.07, 6.45) is 1.11. The molecule has 0 saturated carbocycles. The first kappa shape index (κ1) is 15.5. The van der Waals surface area contributed by atoms with E-state index in [1.54, 1.807) is 0 Å². The van der Waals surface area contributed by atoms with Gasteiger partial charge in [-0.05, 0) is 30.2 Å². The smallest absolute Gasteiger partial charge is 0.243 e. The van der Waals surface area contributed by atoms with E-state index in [1.165, 1.54) is 11.1 Å². The van der Waals surface area contributed by atoms with Gasteiger partial charge in [-0.3, -0.25) is 14.5 Å². The second-order valence-electron chi connectivity index (χ2n) is 5.18. The standard InChI is InChI=1S/C15H22N4O2/c1-2-6-19-9-11-4-3-5-13(12(11)10-19)18-15(21)8-17-14(20)7-16/h3-5H,2,6-10,16H2,1H3,(H,17,20)(H,18,21). The molecule has 2 rings (SSSR count). The van der Waals surface area contributed by atoms with Crippen LogP contribution in [-0.4, -0.2) is 36.3 Å². The minimum atomic E-state index is -0.336. The van der Waals surface area contributed by atoms with E-state index in [-0.39, 0.29) is 24.9 Å². The van der Waals surface area contributed by atoms with Gasteiger partial charge in [0.2, 0.25) is 11.8 Å². The molecule has 1 aromatic rings. The summed E-state index contributed by atoms with van der Waals surface area (Å²) in [7, 11) is 0. The third-order valence-electron chi connectivity index (χ3n) is 3.49. The van der Waals surface area contributed by atoms with Gasteiger partial charge in [0.15, 0.2) is 0 Å². The van der Waals surface area contributed by atoms with Crippen LogP contribution < -0.4 is 16.4 Å². The maximum absolute atomic E-state index is 11.9. The number of carbonyl (C=O) groups is 2. The quantitative estimate of drug-likeness (QED) is 0.709. The fourth-order valence-electron chi connectivity index (χ4n) is 2.53. The Balaban J connectivity index is 1.98. The molecule has 114 valence electrons. The number of amides is 2. The number of nitrogens with one attached hydrogen (secondary N) is 2. The molecular weight excluding hydrogens is 268 g/mol. The van der Waals surface area contributed by atoms with Crippen molar-refractivity contribution in [3.63, 3.8) is 0 Å². The molecule has 0 atom stereocenters. The van der Waals surface area contributed by atoms with Crippen molar-refractivity contribution in [1.82, 2.24) is 10.2 Å². The first-order chi connectivity index (χ1) is 10.1. The van der Waals surface area contributed by atoms with Crippen LogP contribution in [0.5, 0.6) is 0 Å². The molecule has 1 heterocycles. The summed E-state index contributed by atoms with van der Waals surface area (Å²) >= 11 is 0. The Labute approximate surface area is 124 Å². The molecular formula is C15H22N4O2. The molecule has 6 nitrogen and oxygen atoms in total. The van der Waals surface area contributed by atoms with Gasteiger partial charge in [0, 0.05) is 18.8 Å². The molecule has 21 heavy (non-hydrogen) atoms. The molecule has 1 aliphatic rings. The van der Waals surface area contributed by atoms with Gasteiger partial charge < -0.3 is 16.4 Å². The van der Waals surface area contributed by atoms with Crippen LogP contribution in [-0.2, 0) is 22.7 Å². The van der Waals surface area contributed by atoms with Crippen LogP contribution in [0, 0.1) is 0 Å². The van der Waals surface area contributed by atoms with Gasteiger partial charge in [-0.1, -0.05) is 19.1 Å². The monoisotopic (exact) mass is 290 g/mol. The Hall–Kier alpha value is -1.92. The Morgan fingerprint density at radius 1 is 1.29 bits per heavy atom. The van der Waals surface area contributed by atoms with Crippen LogP contribution in [0.3, 0.4) is 0 Å². The molecule has 0 radical (unpaired) electrons. The maximum Gasteiger partial charge on any atom is 0.243 e. The summed E-state index contributed by atoms with van der Waals surface area (Å²) in [6.45, 7) is 4.82. The molecule has 6 heteroatoms. The Morgan fingerprint density at radius 2 is 2.10 bits per heavy atom. The lowest BCUT2D eigenvalue weighted by atomic mass is 10.1. The lowest BCUT2D eigenvalue weighted by Crippen LogP contribution is -2.36. The van der Waals surface area contributed by atoms with E-state index in [0.717, 1.165) is 31.7 Å². The fourth-order valence-corrected chi connectivity index (χ4v) is 2.53. The largest absolute Gasteiger partial charge is 0.346 e. The molecule has 0 spiro atoms. The molecule has 2 amide bonds. The first-order valence-electron chi connectivity index (χ1n) is 7.23. The summed E-state index contributed by atoms with van der Waals surface area (Å²) in [5.74, 6) is -0.572. The van der Waals surface area contributed by atoms with Crippen LogP contribution in [0.25, 0.3) is 0 Å². The van der Waals surface area contributed by atoms with Crippen LogP contribution in [0.15, 0.2) is 18.2 Å². The normalized spacial score (nSPS) is 13.8. The highest BCUT2D eigenvalue weighted by Gasteiger charge is 2.21. The van der Waals surface area contributed by atoms with Crippen LogP contribution in [0.4, 0.5) is 5.69 Å². The van der Waals surface area contributed by atoms with Crippen molar-refractivity contribution in [3.05, 3.63) is 29.3 Å². The average molecular weight is 290 g/mol. The number of carbonyl (C=O) groups excluding carboxylic acids is 2. The minimum Gasteiger partial charge on any atom is -0.346 e.